The molecule has 1 unspecified atom stereocenters. The van der Waals surface area contributed by atoms with E-state index in [2.05, 4.69) is 5.32 Å². The number of hydrogen-bond acceptors (Lipinski definition) is 2. The molecule has 0 saturated carbocycles. The largest absolute Gasteiger partial charge is 0.653 e. The molecular formula is C11H14NO2W-. The molecule has 0 fully saturated rings. The van der Waals surface area contributed by atoms with Crippen LogP contribution in [0.5, 0.6) is 0 Å². The van der Waals surface area contributed by atoms with Crippen molar-refractivity contribution in [3.8, 4) is 0 Å². The summed E-state index contributed by atoms with van der Waals surface area (Å²) in [5.74, 6) is -0.281. The van der Waals surface area contributed by atoms with Gasteiger partial charge in [-0.15, -0.1) is 0 Å². The third kappa shape index (κ3) is 5.10. The third-order valence-corrected chi connectivity index (χ3v) is 1.95. The topological polar surface area (TPSA) is 40.4 Å². The predicted molar refractivity (Wildman–Crippen MR) is 55.0 cm³/mol. The van der Waals surface area contributed by atoms with Gasteiger partial charge in [0.25, 0.3) is 5.97 Å². The Labute approximate surface area is 104 Å². The molecule has 1 aromatic rings. The molecule has 1 rings (SSSR count). The van der Waals surface area contributed by atoms with E-state index in [0.717, 1.165) is 5.56 Å². The van der Waals surface area contributed by atoms with Gasteiger partial charge in [-0.2, -0.15) is 7.05 Å². The number of benzene rings is 1. The summed E-state index contributed by atoms with van der Waals surface area (Å²) in [5, 5.41) is 3.83. The van der Waals surface area contributed by atoms with Crippen LogP contribution in [0.15, 0.2) is 30.3 Å². The molecular weight excluding hydrogens is 362 g/mol. The van der Waals surface area contributed by atoms with Gasteiger partial charge in [0, 0.05) is 21.1 Å². The van der Waals surface area contributed by atoms with Crippen molar-refractivity contribution in [2.45, 2.75) is 19.6 Å². The number of ether oxygens (including phenoxy) is 1. The number of hydrogen-bond donors (Lipinski definition) is 0. The minimum Gasteiger partial charge on any atom is -0.653 e. The zero-order chi connectivity index (χ0) is 10.4. The van der Waals surface area contributed by atoms with Crippen molar-refractivity contribution in [2.24, 2.45) is 0 Å². The maximum Gasteiger partial charge on any atom is 0.288 e. The molecule has 0 amide bonds. The maximum atomic E-state index is 11.2. The Morgan fingerprint density at radius 1 is 1.40 bits per heavy atom. The molecule has 0 aromatic heterocycles. The van der Waals surface area contributed by atoms with Crippen molar-refractivity contribution >= 4 is 5.97 Å². The van der Waals surface area contributed by atoms with E-state index >= 15 is 0 Å². The molecule has 0 aliphatic carbocycles. The smallest absolute Gasteiger partial charge is 0.288 e. The van der Waals surface area contributed by atoms with Crippen LogP contribution in [0.2, 0.25) is 0 Å². The molecule has 0 bridgehead atoms. The fraction of sp³-hybridized carbons (Fsp3) is 0.364. The van der Waals surface area contributed by atoms with E-state index in [0.29, 0.717) is 6.61 Å². The first-order valence-corrected chi connectivity index (χ1v) is 4.53. The van der Waals surface area contributed by atoms with Gasteiger partial charge in [0.1, 0.15) is 6.61 Å². The molecule has 0 aliphatic rings. The van der Waals surface area contributed by atoms with Crippen molar-refractivity contribution in [2.75, 3.05) is 7.05 Å². The van der Waals surface area contributed by atoms with Crippen LogP contribution in [0.4, 0.5) is 0 Å². The van der Waals surface area contributed by atoms with Crippen LogP contribution in [-0.4, -0.2) is 19.1 Å². The molecule has 4 heteroatoms. The van der Waals surface area contributed by atoms with Crippen LogP contribution in [0.1, 0.15) is 12.5 Å². The van der Waals surface area contributed by atoms with Crippen molar-refractivity contribution in [1.29, 1.82) is 0 Å². The molecule has 15 heavy (non-hydrogen) atoms. The summed E-state index contributed by atoms with van der Waals surface area (Å²) in [6.07, 6.45) is 0. The summed E-state index contributed by atoms with van der Waals surface area (Å²) in [4.78, 5) is 11.2. The maximum absolute atomic E-state index is 11.2. The van der Waals surface area contributed by atoms with E-state index in [-0.39, 0.29) is 33.1 Å². The van der Waals surface area contributed by atoms with Crippen LogP contribution < -0.4 is 0 Å². The summed E-state index contributed by atoms with van der Waals surface area (Å²) in [6, 6.07) is 9.21. The second-order valence-electron chi connectivity index (χ2n) is 3.03. The van der Waals surface area contributed by atoms with Crippen LogP contribution in [0.3, 0.4) is 0 Å². The Morgan fingerprint density at radius 3 is 2.53 bits per heavy atom. The molecule has 0 saturated heterocycles. The summed E-state index contributed by atoms with van der Waals surface area (Å²) in [7, 11) is 1.61. The number of esters is 1. The van der Waals surface area contributed by atoms with Crippen LogP contribution in [-0.2, 0) is 37.2 Å². The fourth-order valence-corrected chi connectivity index (χ4v) is 0.955. The van der Waals surface area contributed by atoms with Gasteiger partial charge in [0.2, 0.25) is 0 Å². The average Bonchev–Trinajstić information content (AvgIpc) is 2.26. The van der Waals surface area contributed by atoms with E-state index in [1.54, 1.807) is 14.0 Å². The standard InChI is InChI=1S/C11H14NO2.W/c1-9(12-2)11(13)14-8-10-6-4-3-5-7-10;/h3-7,9H,8H2,1-2H3;/q-1;. The fourth-order valence-electron chi connectivity index (χ4n) is 0.955. The average molecular weight is 376 g/mol. The normalized spacial score (nSPS) is 11.3. The van der Waals surface area contributed by atoms with Gasteiger partial charge >= 0.3 is 0 Å². The Balaban J connectivity index is 0.00000196. The number of carbonyl (C=O) groups excluding carboxylic acids is 1. The Bertz CT molecular complexity index is 290. The van der Waals surface area contributed by atoms with Gasteiger partial charge in [-0.3, -0.25) is 4.79 Å². The zero-order valence-electron chi connectivity index (χ0n) is 8.84. The van der Waals surface area contributed by atoms with Gasteiger partial charge in [-0.1, -0.05) is 37.3 Å². The number of likely N-dealkylation sites (N-methyl/N-ethyl adjacent to an activating group) is 1. The van der Waals surface area contributed by atoms with Crippen LogP contribution in [0.25, 0.3) is 5.32 Å². The minimum absolute atomic E-state index is 0. The Morgan fingerprint density at radius 2 is 2.00 bits per heavy atom. The summed E-state index contributed by atoms with van der Waals surface area (Å²) in [5.41, 5.74) is 0.990. The SMILES string of the molecule is C[N-]C(C)C(=O)OCc1ccccc1.[W]. The van der Waals surface area contributed by atoms with E-state index in [1.807, 2.05) is 30.3 Å². The Kier molecular flexibility index (Phi) is 7.27. The van der Waals surface area contributed by atoms with Gasteiger partial charge in [0.15, 0.2) is 0 Å². The van der Waals surface area contributed by atoms with Gasteiger partial charge < -0.3 is 10.1 Å². The second-order valence-corrected chi connectivity index (χ2v) is 3.03. The van der Waals surface area contributed by atoms with Gasteiger partial charge in [0.05, 0.1) is 0 Å². The number of carbonyl (C=O) groups is 1. The van der Waals surface area contributed by atoms with Gasteiger partial charge in [-0.05, 0) is 11.6 Å². The van der Waals surface area contributed by atoms with Gasteiger partial charge in [-0.25, -0.2) is 0 Å². The Hall–Kier alpha value is -0.662. The molecule has 0 spiro atoms. The van der Waals surface area contributed by atoms with Crippen molar-refractivity contribution in [1.82, 2.24) is 0 Å². The van der Waals surface area contributed by atoms with E-state index in [4.69, 9.17) is 4.74 Å². The number of nitrogens with zero attached hydrogens (tertiary/aromatic N) is 1. The molecule has 1 aromatic carbocycles. The first kappa shape index (κ1) is 14.3. The quantitative estimate of drug-likeness (QED) is 0.756. The van der Waals surface area contributed by atoms with Crippen LogP contribution >= 0.6 is 0 Å². The molecule has 3 nitrogen and oxygen atoms in total. The van der Waals surface area contributed by atoms with Crippen molar-refractivity contribution < 1.29 is 30.6 Å². The summed E-state index contributed by atoms with van der Waals surface area (Å²) >= 11 is 0. The molecule has 0 radical (unpaired) electrons. The van der Waals surface area contributed by atoms with Crippen LogP contribution in [0, 0.1) is 0 Å². The van der Waals surface area contributed by atoms with E-state index in [9.17, 15) is 4.79 Å². The first-order valence-electron chi connectivity index (χ1n) is 4.53. The third-order valence-electron chi connectivity index (χ3n) is 1.95. The summed E-state index contributed by atoms with van der Waals surface area (Å²) in [6.45, 7) is 2.03. The molecule has 82 valence electrons. The zero-order valence-corrected chi connectivity index (χ0v) is 11.8. The van der Waals surface area contributed by atoms with Crippen molar-refractivity contribution in [3.05, 3.63) is 41.2 Å². The summed E-state index contributed by atoms with van der Waals surface area (Å²) < 4.78 is 5.05. The monoisotopic (exact) mass is 376 g/mol. The minimum atomic E-state index is -0.376. The molecule has 1 atom stereocenters. The predicted octanol–water partition coefficient (Wildman–Crippen LogP) is 2.12. The molecule has 0 aliphatic heterocycles. The number of rotatable bonds is 4. The van der Waals surface area contributed by atoms with Crippen molar-refractivity contribution in [3.63, 3.8) is 0 Å². The van der Waals surface area contributed by atoms with E-state index in [1.165, 1.54) is 0 Å². The second kappa shape index (κ2) is 7.61. The van der Waals surface area contributed by atoms with E-state index < -0.39 is 0 Å². The first-order chi connectivity index (χ1) is 6.74. The molecule has 0 N–H and O–H groups in total. The molecule has 0 heterocycles.